The van der Waals surface area contributed by atoms with Crippen molar-refractivity contribution in [3.8, 4) is 0 Å². The third-order valence-electron chi connectivity index (χ3n) is 4.80. The first-order chi connectivity index (χ1) is 11.6. The summed E-state index contributed by atoms with van der Waals surface area (Å²) in [5.74, 6) is -0.260. The molecule has 1 aliphatic rings. The lowest BCUT2D eigenvalue weighted by Gasteiger charge is -2.26. The molecule has 0 amide bonds. The Hall–Kier alpha value is -2.05. The number of aromatic nitrogens is 3. The van der Waals surface area contributed by atoms with Crippen LogP contribution in [-0.2, 0) is 11.3 Å². The SMILES string of the molecule is Cc1nc2c(cc1F)c1ccnc(C)c1n2CCN1CCOCC1. The number of ether oxygens (including phenoxy) is 1. The Morgan fingerprint density at radius 3 is 2.71 bits per heavy atom. The summed E-state index contributed by atoms with van der Waals surface area (Å²) in [4.78, 5) is 11.4. The van der Waals surface area contributed by atoms with Gasteiger partial charge in [0.05, 0.1) is 30.1 Å². The smallest absolute Gasteiger partial charge is 0.145 e. The number of fused-ring (bicyclic) bond motifs is 3. The van der Waals surface area contributed by atoms with E-state index in [0.29, 0.717) is 5.69 Å². The van der Waals surface area contributed by atoms with Crippen LogP contribution in [0, 0.1) is 19.7 Å². The minimum atomic E-state index is -0.260. The fourth-order valence-corrected chi connectivity index (χ4v) is 3.48. The van der Waals surface area contributed by atoms with Gasteiger partial charge in [-0.3, -0.25) is 9.88 Å². The Bertz CT molecular complexity index is 899. The second kappa shape index (κ2) is 6.11. The van der Waals surface area contributed by atoms with Crippen molar-refractivity contribution in [3.05, 3.63) is 35.5 Å². The number of nitrogens with zero attached hydrogens (tertiary/aromatic N) is 4. The van der Waals surface area contributed by atoms with Gasteiger partial charge in [0.1, 0.15) is 11.5 Å². The van der Waals surface area contributed by atoms with Crippen LogP contribution in [0.15, 0.2) is 18.3 Å². The zero-order valence-corrected chi connectivity index (χ0v) is 14.0. The summed E-state index contributed by atoms with van der Waals surface area (Å²) in [6, 6.07) is 3.55. The molecule has 1 fully saturated rings. The molecule has 3 aromatic heterocycles. The van der Waals surface area contributed by atoms with Crippen LogP contribution >= 0.6 is 0 Å². The van der Waals surface area contributed by atoms with Crippen molar-refractivity contribution in [2.45, 2.75) is 20.4 Å². The number of halogens is 1. The molecule has 1 aliphatic heterocycles. The minimum absolute atomic E-state index is 0.260. The molecular formula is C18H21FN4O. The fraction of sp³-hybridized carbons (Fsp3) is 0.444. The maximum atomic E-state index is 14.1. The first-order valence-electron chi connectivity index (χ1n) is 8.36. The van der Waals surface area contributed by atoms with Gasteiger partial charge in [-0.25, -0.2) is 9.37 Å². The van der Waals surface area contributed by atoms with Gasteiger partial charge >= 0.3 is 0 Å². The number of rotatable bonds is 3. The molecule has 126 valence electrons. The van der Waals surface area contributed by atoms with Crippen LogP contribution in [-0.4, -0.2) is 52.3 Å². The van der Waals surface area contributed by atoms with E-state index in [1.807, 2.05) is 13.0 Å². The molecule has 6 heteroatoms. The average molecular weight is 328 g/mol. The Morgan fingerprint density at radius 2 is 1.92 bits per heavy atom. The Labute approximate surface area is 140 Å². The zero-order chi connectivity index (χ0) is 16.7. The van der Waals surface area contributed by atoms with Crippen molar-refractivity contribution in [2.24, 2.45) is 0 Å². The van der Waals surface area contributed by atoms with Crippen molar-refractivity contribution in [1.29, 1.82) is 0 Å². The molecule has 0 spiro atoms. The maximum Gasteiger partial charge on any atom is 0.145 e. The summed E-state index contributed by atoms with van der Waals surface area (Å²) in [5.41, 5.74) is 3.28. The van der Waals surface area contributed by atoms with Crippen LogP contribution in [0.2, 0.25) is 0 Å². The summed E-state index contributed by atoms with van der Waals surface area (Å²) in [7, 11) is 0. The van der Waals surface area contributed by atoms with Gasteiger partial charge in [0, 0.05) is 43.1 Å². The van der Waals surface area contributed by atoms with E-state index in [2.05, 4.69) is 19.4 Å². The van der Waals surface area contributed by atoms with E-state index in [1.54, 1.807) is 19.2 Å². The second-order valence-electron chi connectivity index (χ2n) is 6.32. The number of aryl methyl sites for hydroxylation is 2. The quantitative estimate of drug-likeness (QED) is 0.741. The molecule has 3 aromatic rings. The topological polar surface area (TPSA) is 43.2 Å². The van der Waals surface area contributed by atoms with E-state index in [4.69, 9.17) is 4.74 Å². The monoisotopic (exact) mass is 328 g/mol. The largest absolute Gasteiger partial charge is 0.379 e. The first-order valence-corrected chi connectivity index (χ1v) is 8.36. The number of pyridine rings is 2. The van der Waals surface area contributed by atoms with Crippen LogP contribution in [0.5, 0.6) is 0 Å². The van der Waals surface area contributed by atoms with E-state index < -0.39 is 0 Å². The Balaban J connectivity index is 1.82. The molecule has 0 aliphatic carbocycles. The van der Waals surface area contributed by atoms with Crippen molar-refractivity contribution in [2.75, 3.05) is 32.8 Å². The summed E-state index contributed by atoms with van der Waals surface area (Å²) in [6.07, 6.45) is 1.78. The van der Waals surface area contributed by atoms with Crippen LogP contribution in [0.25, 0.3) is 21.9 Å². The van der Waals surface area contributed by atoms with E-state index in [0.717, 1.165) is 67.0 Å². The molecule has 1 saturated heterocycles. The van der Waals surface area contributed by atoms with Gasteiger partial charge in [-0.1, -0.05) is 0 Å². The van der Waals surface area contributed by atoms with E-state index >= 15 is 0 Å². The Morgan fingerprint density at radius 1 is 1.12 bits per heavy atom. The molecule has 5 nitrogen and oxygen atoms in total. The molecule has 24 heavy (non-hydrogen) atoms. The number of hydrogen-bond donors (Lipinski definition) is 0. The van der Waals surface area contributed by atoms with Crippen molar-refractivity contribution in [3.63, 3.8) is 0 Å². The highest BCUT2D eigenvalue weighted by atomic mass is 19.1. The summed E-state index contributed by atoms with van der Waals surface area (Å²) >= 11 is 0. The lowest BCUT2D eigenvalue weighted by Crippen LogP contribution is -2.38. The van der Waals surface area contributed by atoms with Gasteiger partial charge in [-0.15, -0.1) is 0 Å². The van der Waals surface area contributed by atoms with Gasteiger partial charge in [0.25, 0.3) is 0 Å². The molecule has 0 bridgehead atoms. The predicted octanol–water partition coefficient (Wildman–Crippen LogP) is 2.67. The second-order valence-corrected chi connectivity index (χ2v) is 6.32. The van der Waals surface area contributed by atoms with Gasteiger partial charge < -0.3 is 9.30 Å². The third-order valence-corrected chi connectivity index (χ3v) is 4.80. The maximum absolute atomic E-state index is 14.1. The zero-order valence-electron chi connectivity index (χ0n) is 14.0. The summed E-state index contributed by atoms with van der Waals surface area (Å²) in [6.45, 7) is 8.93. The molecule has 0 saturated carbocycles. The highest BCUT2D eigenvalue weighted by Gasteiger charge is 2.17. The molecule has 0 unspecified atom stereocenters. The van der Waals surface area contributed by atoms with Gasteiger partial charge in [0.2, 0.25) is 0 Å². The summed E-state index contributed by atoms with van der Waals surface area (Å²) < 4.78 is 21.7. The molecule has 4 heterocycles. The number of hydrogen-bond acceptors (Lipinski definition) is 4. The van der Waals surface area contributed by atoms with Gasteiger partial charge in [-0.05, 0) is 26.0 Å². The van der Waals surface area contributed by atoms with E-state index in [1.165, 1.54) is 0 Å². The van der Waals surface area contributed by atoms with Crippen molar-refractivity contribution >= 4 is 21.9 Å². The Kier molecular flexibility index (Phi) is 3.94. The molecule has 0 atom stereocenters. The molecule has 4 rings (SSSR count). The highest BCUT2D eigenvalue weighted by Crippen LogP contribution is 2.30. The first kappa shape index (κ1) is 15.5. The van der Waals surface area contributed by atoms with Crippen LogP contribution in [0.1, 0.15) is 11.4 Å². The van der Waals surface area contributed by atoms with Crippen LogP contribution in [0.4, 0.5) is 4.39 Å². The van der Waals surface area contributed by atoms with Gasteiger partial charge in [0.15, 0.2) is 0 Å². The molecule has 0 N–H and O–H groups in total. The lowest BCUT2D eigenvalue weighted by molar-refractivity contribution is 0.0366. The van der Waals surface area contributed by atoms with Crippen LogP contribution < -0.4 is 0 Å². The molecule has 0 aromatic carbocycles. The van der Waals surface area contributed by atoms with E-state index in [-0.39, 0.29) is 5.82 Å². The summed E-state index contributed by atoms with van der Waals surface area (Å²) in [5, 5.41) is 1.88. The predicted molar refractivity (Wildman–Crippen MR) is 91.7 cm³/mol. The van der Waals surface area contributed by atoms with E-state index in [9.17, 15) is 4.39 Å². The van der Waals surface area contributed by atoms with Crippen LogP contribution in [0.3, 0.4) is 0 Å². The third kappa shape index (κ3) is 2.56. The minimum Gasteiger partial charge on any atom is -0.379 e. The highest BCUT2D eigenvalue weighted by molar-refractivity contribution is 6.07. The van der Waals surface area contributed by atoms with Crippen molar-refractivity contribution < 1.29 is 9.13 Å². The lowest BCUT2D eigenvalue weighted by atomic mass is 10.2. The normalized spacial score (nSPS) is 16.3. The molecule has 0 radical (unpaired) electrons. The molecular weight excluding hydrogens is 307 g/mol. The average Bonchev–Trinajstić information content (AvgIpc) is 2.89. The van der Waals surface area contributed by atoms with Crippen molar-refractivity contribution in [1.82, 2.24) is 19.4 Å². The number of morpholine rings is 1. The fourth-order valence-electron chi connectivity index (χ4n) is 3.48. The van der Waals surface area contributed by atoms with Gasteiger partial charge in [-0.2, -0.15) is 0 Å². The standard InChI is InChI=1S/C18H21FN4O/c1-12-16(19)11-15-14-3-4-20-13(2)17(14)23(18(15)21-12)6-5-22-7-9-24-10-8-22/h3-4,11H,5-10H2,1-2H3.